The van der Waals surface area contributed by atoms with Crippen LogP contribution in [0.3, 0.4) is 0 Å². The molecule has 0 saturated heterocycles. The molecule has 106 valence electrons. The average molecular weight is 306 g/mol. The molecule has 0 atom stereocenters. The van der Waals surface area contributed by atoms with Gasteiger partial charge < -0.3 is 10.6 Å². The number of hydrogen-bond donors (Lipinski definition) is 2. The standard InChI is InChI=1S/C15H18N2OS2/c18-15(11-3-4-11)17-6-5-16-9-13-8-12(10-20-13)14-2-1-7-19-14/h1-2,7-8,10-11,16H,3-6,9H2,(H,17,18). The van der Waals surface area contributed by atoms with Crippen molar-refractivity contribution in [3.63, 3.8) is 0 Å². The van der Waals surface area contributed by atoms with Gasteiger partial charge in [-0.05, 0) is 35.7 Å². The summed E-state index contributed by atoms with van der Waals surface area (Å²) in [6.45, 7) is 2.42. The van der Waals surface area contributed by atoms with Crippen molar-refractivity contribution in [1.82, 2.24) is 10.6 Å². The molecule has 1 saturated carbocycles. The van der Waals surface area contributed by atoms with Crippen LogP contribution in [0, 0.1) is 5.92 Å². The Morgan fingerprint density at radius 3 is 2.95 bits per heavy atom. The van der Waals surface area contributed by atoms with Crippen molar-refractivity contribution >= 4 is 28.6 Å². The summed E-state index contributed by atoms with van der Waals surface area (Å²) in [4.78, 5) is 14.1. The van der Waals surface area contributed by atoms with E-state index in [0.717, 1.165) is 32.5 Å². The van der Waals surface area contributed by atoms with E-state index in [9.17, 15) is 4.79 Å². The second-order valence-corrected chi connectivity index (χ2v) is 6.96. The predicted octanol–water partition coefficient (Wildman–Crippen LogP) is 3.09. The molecular weight excluding hydrogens is 288 g/mol. The number of nitrogens with one attached hydrogen (secondary N) is 2. The molecule has 1 fully saturated rings. The van der Waals surface area contributed by atoms with E-state index in [1.54, 1.807) is 22.7 Å². The Kier molecular flexibility index (Phi) is 4.50. The molecule has 3 nitrogen and oxygen atoms in total. The number of carbonyl (C=O) groups is 1. The highest BCUT2D eigenvalue weighted by Crippen LogP contribution is 2.29. The monoisotopic (exact) mass is 306 g/mol. The maximum absolute atomic E-state index is 11.4. The quantitative estimate of drug-likeness (QED) is 0.772. The van der Waals surface area contributed by atoms with Crippen LogP contribution in [-0.4, -0.2) is 19.0 Å². The highest BCUT2D eigenvalue weighted by Gasteiger charge is 2.28. The molecule has 2 aromatic heterocycles. The minimum Gasteiger partial charge on any atom is -0.355 e. The maximum Gasteiger partial charge on any atom is 0.223 e. The van der Waals surface area contributed by atoms with Crippen LogP contribution < -0.4 is 10.6 Å². The molecule has 20 heavy (non-hydrogen) atoms. The second-order valence-electron chi connectivity index (χ2n) is 5.02. The van der Waals surface area contributed by atoms with Gasteiger partial charge in [-0.1, -0.05) is 6.07 Å². The fourth-order valence-electron chi connectivity index (χ4n) is 2.02. The zero-order valence-corrected chi connectivity index (χ0v) is 12.9. The Morgan fingerprint density at radius 2 is 2.20 bits per heavy atom. The normalized spacial score (nSPS) is 14.4. The highest BCUT2D eigenvalue weighted by molar-refractivity contribution is 7.14. The van der Waals surface area contributed by atoms with Gasteiger partial charge in [0.15, 0.2) is 0 Å². The van der Waals surface area contributed by atoms with Gasteiger partial charge in [0, 0.05) is 40.9 Å². The topological polar surface area (TPSA) is 41.1 Å². The first kappa shape index (κ1) is 13.8. The lowest BCUT2D eigenvalue weighted by molar-refractivity contribution is -0.122. The molecule has 2 heterocycles. The summed E-state index contributed by atoms with van der Waals surface area (Å²) < 4.78 is 0. The van der Waals surface area contributed by atoms with Crippen LogP contribution in [-0.2, 0) is 11.3 Å². The van der Waals surface area contributed by atoms with Crippen molar-refractivity contribution in [3.05, 3.63) is 33.8 Å². The van der Waals surface area contributed by atoms with E-state index >= 15 is 0 Å². The molecule has 0 unspecified atom stereocenters. The van der Waals surface area contributed by atoms with Gasteiger partial charge in [-0.2, -0.15) is 0 Å². The molecule has 0 radical (unpaired) electrons. The van der Waals surface area contributed by atoms with Crippen molar-refractivity contribution < 1.29 is 4.79 Å². The Labute approximate surface area is 127 Å². The van der Waals surface area contributed by atoms with E-state index in [2.05, 4.69) is 39.6 Å². The van der Waals surface area contributed by atoms with Gasteiger partial charge in [0.25, 0.3) is 0 Å². The smallest absolute Gasteiger partial charge is 0.223 e. The molecule has 0 spiro atoms. The number of thiophene rings is 2. The summed E-state index contributed by atoms with van der Waals surface area (Å²) in [5.74, 6) is 0.531. The Morgan fingerprint density at radius 1 is 1.30 bits per heavy atom. The summed E-state index contributed by atoms with van der Waals surface area (Å²) in [6, 6.07) is 6.47. The van der Waals surface area contributed by atoms with Crippen molar-refractivity contribution in [2.24, 2.45) is 5.92 Å². The molecule has 0 aromatic carbocycles. The lowest BCUT2D eigenvalue weighted by Crippen LogP contribution is -2.32. The molecular formula is C15H18N2OS2. The van der Waals surface area contributed by atoms with Crippen molar-refractivity contribution in [3.8, 4) is 10.4 Å². The van der Waals surface area contributed by atoms with Crippen LogP contribution >= 0.6 is 22.7 Å². The number of hydrogen-bond acceptors (Lipinski definition) is 4. The van der Waals surface area contributed by atoms with Gasteiger partial charge in [-0.25, -0.2) is 0 Å². The molecule has 0 aliphatic heterocycles. The molecule has 3 rings (SSSR count). The minimum atomic E-state index is 0.225. The summed E-state index contributed by atoms with van der Waals surface area (Å²) in [7, 11) is 0. The van der Waals surface area contributed by atoms with Gasteiger partial charge in [0.2, 0.25) is 5.91 Å². The summed E-state index contributed by atoms with van der Waals surface area (Å²) in [5.41, 5.74) is 1.31. The van der Waals surface area contributed by atoms with Gasteiger partial charge in [0.05, 0.1) is 0 Å². The zero-order valence-electron chi connectivity index (χ0n) is 11.2. The number of amides is 1. The van der Waals surface area contributed by atoms with E-state index in [1.807, 2.05) is 0 Å². The number of rotatable bonds is 7. The first-order valence-corrected chi connectivity index (χ1v) is 8.68. The third kappa shape index (κ3) is 3.69. The molecule has 1 aliphatic carbocycles. The highest BCUT2D eigenvalue weighted by atomic mass is 32.1. The number of carbonyl (C=O) groups excluding carboxylic acids is 1. The van der Waals surface area contributed by atoms with Crippen LogP contribution in [0.1, 0.15) is 17.7 Å². The SMILES string of the molecule is O=C(NCCNCc1cc(-c2cccs2)cs1)C1CC1. The lowest BCUT2D eigenvalue weighted by Gasteiger charge is -2.05. The maximum atomic E-state index is 11.4. The van der Waals surface area contributed by atoms with E-state index in [1.165, 1.54) is 15.3 Å². The van der Waals surface area contributed by atoms with Gasteiger partial charge in [-0.15, -0.1) is 22.7 Å². The summed E-state index contributed by atoms with van der Waals surface area (Å²) in [6.07, 6.45) is 2.14. The molecule has 0 bridgehead atoms. The average Bonchev–Trinajstić information content (AvgIpc) is 2.98. The van der Waals surface area contributed by atoms with Crippen LogP contribution in [0.2, 0.25) is 0 Å². The Hall–Kier alpha value is -1.17. The Balaban J connectivity index is 1.37. The fourth-order valence-corrected chi connectivity index (χ4v) is 3.66. The first-order chi connectivity index (χ1) is 9.83. The lowest BCUT2D eigenvalue weighted by atomic mass is 10.2. The van der Waals surface area contributed by atoms with Gasteiger partial charge >= 0.3 is 0 Å². The van der Waals surface area contributed by atoms with E-state index in [4.69, 9.17) is 0 Å². The van der Waals surface area contributed by atoms with E-state index in [-0.39, 0.29) is 5.91 Å². The third-order valence-corrected chi connectivity index (χ3v) is 5.16. The molecule has 2 N–H and O–H groups in total. The molecule has 2 aromatic rings. The van der Waals surface area contributed by atoms with Crippen LogP contribution in [0.25, 0.3) is 10.4 Å². The fraction of sp³-hybridized carbons (Fsp3) is 0.400. The van der Waals surface area contributed by atoms with Crippen molar-refractivity contribution in [2.75, 3.05) is 13.1 Å². The second kappa shape index (κ2) is 6.52. The van der Waals surface area contributed by atoms with Gasteiger partial charge in [0.1, 0.15) is 0 Å². The third-order valence-electron chi connectivity index (χ3n) is 3.31. The predicted molar refractivity (Wildman–Crippen MR) is 85.1 cm³/mol. The zero-order chi connectivity index (χ0) is 13.8. The summed E-state index contributed by atoms with van der Waals surface area (Å²) >= 11 is 3.56. The molecule has 5 heteroatoms. The van der Waals surface area contributed by atoms with Crippen LogP contribution in [0.5, 0.6) is 0 Å². The van der Waals surface area contributed by atoms with E-state index < -0.39 is 0 Å². The van der Waals surface area contributed by atoms with Crippen LogP contribution in [0.4, 0.5) is 0 Å². The van der Waals surface area contributed by atoms with Crippen LogP contribution in [0.15, 0.2) is 29.0 Å². The molecule has 1 aliphatic rings. The van der Waals surface area contributed by atoms with Crippen molar-refractivity contribution in [2.45, 2.75) is 19.4 Å². The minimum absolute atomic E-state index is 0.225. The van der Waals surface area contributed by atoms with Gasteiger partial charge in [-0.3, -0.25) is 4.79 Å². The molecule has 1 amide bonds. The summed E-state index contributed by atoms with van der Waals surface area (Å²) in [5, 5.41) is 10.6. The Bertz CT molecular complexity index is 558. The van der Waals surface area contributed by atoms with E-state index in [0.29, 0.717) is 5.92 Å². The first-order valence-electron chi connectivity index (χ1n) is 6.92. The largest absolute Gasteiger partial charge is 0.355 e. The van der Waals surface area contributed by atoms with Crippen molar-refractivity contribution in [1.29, 1.82) is 0 Å².